The summed E-state index contributed by atoms with van der Waals surface area (Å²) in [6, 6.07) is 4.23. The van der Waals surface area contributed by atoms with Gasteiger partial charge < -0.3 is 0 Å². The predicted octanol–water partition coefficient (Wildman–Crippen LogP) is 3.08. The first kappa shape index (κ1) is 8.95. The van der Waals surface area contributed by atoms with Gasteiger partial charge in [-0.1, -0.05) is 19.9 Å². The maximum atomic E-state index is 11.5. The highest BCUT2D eigenvalue weighted by atomic mass is 32.1. The zero-order valence-corrected chi connectivity index (χ0v) is 8.80. The summed E-state index contributed by atoms with van der Waals surface area (Å²) in [6.45, 7) is 4.16. The van der Waals surface area contributed by atoms with E-state index >= 15 is 0 Å². The van der Waals surface area contributed by atoms with Crippen LogP contribution in [0.25, 0.3) is 0 Å². The SMILES string of the molecule is CCC1C(=O)C(C)C1c1cccs1. The minimum Gasteiger partial charge on any atom is -0.299 e. The Labute approximate surface area is 82.8 Å². The van der Waals surface area contributed by atoms with E-state index in [9.17, 15) is 4.79 Å². The largest absolute Gasteiger partial charge is 0.299 e. The van der Waals surface area contributed by atoms with Gasteiger partial charge in [0, 0.05) is 22.6 Å². The first-order chi connectivity index (χ1) is 6.25. The van der Waals surface area contributed by atoms with Crippen LogP contribution in [0.4, 0.5) is 0 Å². The third kappa shape index (κ3) is 1.24. The second kappa shape index (κ2) is 3.26. The molecule has 0 aromatic carbocycles. The molecular formula is C11H14OS. The number of carbonyl (C=O) groups excluding carboxylic acids is 1. The van der Waals surface area contributed by atoms with Gasteiger partial charge in [-0.3, -0.25) is 4.79 Å². The Morgan fingerprint density at radius 3 is 2.85 bits per heavy atom. The highest BCUT2D eigenvalue weighted by Gasteiger charge is 2.46. The second-order valence-electron chi connectivity index (χ2n) is 3.75. The van der Waals surface area contributed by atoms with E-state index in [-0.39, 0.29) is 5.92 Å². The van der Waals surface area contributed by atoms with Gasteiger partial charge in [0.25, 0.3) is 0 Å². The van der Waals surface area contributed by atoms with E-state index in [1.165, 1.54) is 4.88 Å². The summed E-state index contributed by atoms with van der Waals surface area (Å²) < 4.78 is 0. The number of ketones is 1. The van der Waals surface area contributed by atoms with Crippen LogP contribution in [0.15, 0.2) is 17.5 Å². The molecule has 0 N–H and O–H groups in total. The molecule has 1 aromatic heterocycles. The molecule has 2 rings (SSSR count). The van der Waals surface area contributed by atoms with Gasteiger partial charge in [-0.05, 0) is 17.9 Å². The topological polar surface area (TPSA) is 17.1 Å². The minimum absolute atomic E-state index is 0.253. The van der Waals surface area contributed by atoms with Crippen LogP contribution in [0, 0.1) is 11.8 Å². The number of Topliss-reactive ketones (excluding diaryl/α,β-unsaturated/α-hetero) is 1. The summed E-state index contributed by atoms with van der Waals surface area (Å²) in [7, 11) is 0. The molecule has 2 heteroatoms. The standard InChI is InChI=1S/C11H14OS/c1-3-8-10(7(2)11(8)12)9-5-4-6-13-9/h4-8,10H,3H2,1-2H3. The Kier molecular flexibility index (Phi) is 2.24. The second-order valence-corrected chi connectivity index (χ2v) is 4.73. The van der Waals surface area contributed by atoms with Crippen molar-refractivity contribution in [1.29, 1.82) is 0 Å². The monoisotopic (exact) mass is 194 g/mol. The van der Waals surface area contributed by atoms with E-state index in [2.05, 4.69) is 31.4 Å². The highest BCUT2D eigenvalue weighted by Crippen LogP contribution is 2.47. The quantitative estimate of drug-likeness (QED) is 0.707. The van der Waals surface area contributed by atoms with Gasteiger partial charge in [0.15, 0.2) is 0 Å². The molecule has 70 valence electrons. The van der Waals surface area contributed by atoms with Crippen LogP contribution in [-0.2, 0) is 4.79 Å². The Balaban J connectivity index is 2.21. The van der Waals surface area contributed by atoms with Crippen LogP contribution in [0.5, 0.6) is 0 Å². The lowest BCUT2D eigenvalue weighted by atomic mass is 9.63. The normalized spacial score (nSPS) is 33.1. The summed E-state index contributed by atoms with van der Waals surface area (Å²) in [5.41, 5.74) is 0. The molecule has 1 heterocycles. The summed E-state index contributed by atoms with van der Waals surface area (Å²) in [4.78, 5) is 12.9. The van der Waals surface area contributed by atoms with Gasteiger partial charge in [0.2, 0.25) is 0 Å². The van der Waals surface area contributed by atoms with Crippen molar-refractivity contribution in [1.82, 2.24) is 0 Å². The van der Waals surface area contributed by atoms with Crippen molar-refractivity contribution in [3.8, 4) is 0 Å². The molecule has 3 atom stereocenters. The molecule has 1 fully saturated rings. The van der Waals surface area contributed by atoms with E-state index in [0.717, 1.165) is 6.42 Å². The fraction of sp³-hybridized carbons (Fsp3) is 0.545. The van der Waals surface area contributed by atoms with Crippen molar-refractivity contribution in [2.24, 2.45) is 11.8 Å². The van der Waals surface area contributed by atoms with Crippen molar-refractivity contribution < 1.29 is 4.79 Å². The van der Waals surface area contributed by atoms with E-state index in [0.29, 0.717) is 17.6 Å². The van der Waals surface area contributed by atoms with E-state index in [1.54, 1.807) is 11.3 Å². The maximum Gasteiger partial charge on any atom is 0.140 e. The average Bonchev–Trinajstić information content (AvgIpc) is 2.64. The van der Waals surface area contributed by atoms with Gasteiger partial charge in [-0.2, -0.15) is 0 Å². The Morgan fingerprint density at radius 1 is 1.54 bits per heavy atom. The molecule has 0 aliphatic heterocycles. The fourth-order valence-corrected chi connectivity index (χ4v) is 3.30. The lowest BCUT2D eigenvalue weighted by Crippen LogP contribution is -2.43. The molecule has 1 saturated carbocycles. The van der Waals surface area contributed by atoms with E-state index < -0.39 is 0 Å². The molecule has 3 unspecified atom stereocenters. The highest BCUT2D eigenvalue weighted by molar-refractivity contribution is 7.10. The van der Waals surface area contributed by atoms with Crippen molar-refractivity contribution in [3.05, 3.63) is 22.4 Å². The fourth-order valence-electron chi connectivity index (χ4n) is 2.30. The predicted molar refractivity (Wildman–Crippen MR) is 55.0 cm³/mol. The van der Waals surface area contributed by atoms with Crippen molar-refractivity contribution in [2.45, 2.75) is 26.2 Å². The lowest BCUT2D eigenvalue weighted by molar-refractivity contribution is -0.137. The molecular weight excluding hydrogens is 180 g/mol. The number of carbonyl (C=O) groups is 1. The van der Waals surface area contributed by atoms with Crippen molar-refractivity contribution >= 4 is 17.1 Å². The van der Waals surface area contributed by atoms with Gasteiger partial charge >= 0.3 is 0 Å². The molecule has 1 aliphatic rings. The summed E-state index contributed by atoms with van der Waals surface area (Å²) in [5, 5.41) is 2.09. The molecule has 1 aromatic rings. The van der Waals surface area contributed by atoms with Gasteiger partial charge in [0.05, 0.1) is 0 Å². The Bertz CT molecular complexity index is 302. The summed E-state index contributed by atoms with van der Waals surface area (Å²) >= 11 is 1.78. The zero-order valence-electron chi connectivity index (χ0n) is 7.99. The summed E-state index contributed by atoms with van der Waals surface area (Å²) in [6.07, 6.45) is 0.992. The number of hydrogen-bond acceptors (Lipinski definition) is 2. The van der Waals surface area contributed by atoms with E-state index in [4.69, 9.17) is 0 Å². The third-order valence-corrected chi connectivity index (χ3v) is 4.07. The third-order valence-electron chi connectivity index (χ3n) is 3.10. The van der Waals surface area contributed by atoms with E-state index in [1.807, 2.05) is 0 Å². The number of hydrogen-bond donors (Lipinski definition) is 0. The van der Waals surface area contributed by atoms with Crippen LogP contribution in [0.3, 0.4) is 0 Å². The Morgan fingerprint density at radius 2 is 2.31 bits per heavy atom. The van der Waals surface area contributed by atoms with Crippen LogP contribution >= 0.6 is 11.3 Å². The molecule has 0 radical (unpaired) electrons. The molecule has 13 heavy (non-hydrogen) atoms. The lowest BCUT2D eigenvalue weighted by Gasteiger charge is -2.40. The molecule has 0 amide bonds. The molecule has 1 nitrogen and oxygen atoms in total. The average molecular weight is 194 g/mol. The zero-order chi connectivity index (χ0) is 9.42. The van der Waals surface area contributed by atoms with Crippen LogP contribution in [-0.4, -0.2) is 5.78 Å². The van der Waals surface area contributed by atoms with Gasteiger partial charge in [0.1, 0.15) is 5.78 Å². The maximum absolute atomic E-state index is 11.5. The van der Waals surface area contributed by atoms with Crippen molar-refractivity contribution in [3.63, 3.8) is 0 Å². The molecule has 0 spiro atoms. The van der Waals surface area contributed by atoms with Crippen LogP contribution in [0.1, 0.15) is 31.1 Å². The van der Waals surface area contributed by atoms with Gasteiger partial charge in [-0.25, -0.2) is 0 Å². The number of thiophene rings is 1. The molecule has 0 bridgehead atoms. The summed E-state index contributed by atoms with van der Waals surface area (Å²) in [5.74, 6) is 1.52. The molecule has 0 saturated heterocycles. The minimum atomic E-state index is 0.253. The van der Waals surface area contributed by atoms with Crippen molar-refractivity contribution in [2.75, 3.05) is 0 Å². The first-order valence-electron chi connectivity index (χ1n) is 4.82. The molecule has 1 aliphatic carbocycles. The Hall–Kier alpha value is -0.630. The number of rotatable bonds is 2. The van der Waals surface area contributed by atoms with Crippen LogP contribution in [0.2, 0.25) is 0 Å². The van der Waals surface area contributed by atoms with Crippen LogP contribution < -0.4 is 0 Å². The smallest absolute Gasteiger partial charge is 0.140 e. The van der Waals surface area contributed by atoms with Gasteiger partial charge in [-0.15, -0.1) is 11.3 Å². The first-order valence-corrected chi connectivity index (χ1v) is 5.70.